The molecule has 1 unspecified atom stereocenters. The molecule has 1 aromatic rings. The van der Waals surface area contributed by atoms with Gasteiger partial charge < -0.3 is 19.7 Å². The summed E-state index contributed by atoms with van der Waals surface area (Å²) in [6.07, 6.45) is 1.57. The molecule has 1 atom stereocenters. The van der Waals surface area contributed by atoms with Gasteiger partial charge in [0.25, 0.3) is 5.91 Å². The van der Waals surface area contributed by atoms with Crippen LogP contribution in [0.5, 0.6) is 0 Å². The van der Waals surface area contributed by atoms with Gasteiger partial charge in [-0.1, -0.05) is 6.92 Å². The van der Waals surface area contributed by atoms with Crippen molar-refractivity contribution in [1.29, 1.82) is 0 Å². The molecule has 2 amide bonds. The molecule has 2 rings (SSSR count). The summed E-state index contributed by atoms with van der Waals surface area (Å²) in [5, 5.41) is 11.5. The molecular weight excluding hydrogens is 264 g/mol. The highest BCUT2D eigenvalue weighted by Crippen LogP contribution is 2.18. The molecule has 108 valence electrons. The van der Waals surface area contributed by atoms with Gasteiger partial charge in [0.1, 0.15) is 11.8 Å². The third-order valence-corrected chi connectivity index (χ3v) is 3.26. The number of rotatable bonds is 4. The van der Waals surface area contributed by atoms with E-state index in [9.17, 15) is 14.4 Å². The van der Waals surface area contributed by atoms with E-state index in [1.54, 1.807) is 6.07 Å². The summed E-state index contributed by atoms with van der Waals surface area (Å²) in [4.78, 5) is 36.4. The van der Waals surface area contributed by atoms with Crippen molar-refractivity contribution in [2.75, 3.05) is 13.1 Å². The Morgan fingerprint density at radius 3 is 2.95 bits per heavy atom. The highest BCUT2D eigenvalue weighted by molar-refractivity contribution is 5.99. The van der Waals surface area contributed by atoms with Gasteiger partial charge in [0, 0.05) is 19.5 Å². The minimum absolute atomic E-state index is 0.289. The average Bonchev–Trinajstić information content (AvgIpc) is 2.88. The zero-order valence-electron chi connectivity index (χ0n) is 11.1. The van der Waals surface area contributed by atoms with Gasteiger partial charge in [-0.05, 0) is 6.07 Å². The number of nitrogens with zero attached hydrogens (tertiary/aromatic N) is 1. The molecule has 0 bridgehead atoms. The predicted octanol–water partition coefficient (Wildman–Crippen LogP) is 0.257. The van der Waals surface area contributed by atoms with Gasteiger partial charge in [-0.3, -0.25) is 14.4 Å². The molecule has 2 N–H and O–H groups in total. The lowest BCUT2D eigenvalue weighted by molar-refractivity contribution is -0.142. The highest BCUT2D eigenvalue weighted by Gasteiger charge is 2.36. The van der Waals surface area contributed by atoms with Crippen molar-refractivity contribution in [3.63, 3.8) is 0 Å². The van der Waals surface area contributed by atoms with Gasteiger partial charge in [-0.25, -0.2) is 0 Å². The number of carboxylic acids is 1. The molecule has 1 saturated heterocycles. The van der Waals surface area contributed by atoms with Crippen molar-refractivity contribution >= 4 is 17.8 Å². The maximum absolute atomic E-state index is 12.5. The van der Waals surface area contributed by atoms with Crippen molar-refractivity contribution in [3.8, 4) is 0 Å². The fraction of sp³-hybridized carbons (Fsp3) is 0.462. The lowest BCUT2D eigenvalue weighted by Crippen LogP contribution is -2.57. The first-order valence-corrected chi connectivity index (χ1v) is 6.41. The Kier molecular flexibility index (Phi) is 4.07. The molecule has 0 saturated carbocycles. The number of hydrogen-bond acceptors (Lipinski definition) is 4. The van der Waals surface area contributed by atoms with E-state index in [-0.39, 0.29) is 12.5 Å². The third-order valence-electron chi connectivity index (χ3n) is 3.26. The summed E-state index contributed by atoms with van der Waals surface area (Å²) in [5.41, 5.74) is 0.387. The average molecular weight is 280 g/mol. The van der Waals surface area contributed by atoms with Gasteiger partial charge in [-0.2, -0.15) is 0 Å². The number of aliphatic carboxylic acids is 1. The molecule has 1 aliphatic heterocycles. The van der Waals surface area contributed by atoms with Crippen LogP contribution in [0.3, 0.4) is 0 Å². The number of piperazine rings is 1. The topological polar surface area (TPSA) is 99.9 Å². The molecule has 1 fully saturated rings. The smallest absolute Gasteiger partial charge is 0.305 e. The summed E-state index contributed by atoms with van der Waals surface area (Å²) in [5.74, 6) is -1.38. The molecule has 7 heteroatoms. The summed E-state index contributed by atoms with van der Waals surface area (Å²) in [6.45, 7) is 2.46. The quantitative estimate of drug-likeness (QED) is 0.824. The van der Waals surface area contributed by atoms with E-state index in [1.807, 2.05) is 6.92 Å². The van der Waals surface area contributed by atoms with Gasteiger partial charge >= 0.3 is 5.97 Å². The van der Waals surface area contributed by atoms with E-state index in [4.69, 9.17) is 9.52 Å². The summed E-state index contributed by atoms with van der Waals surface area (Å²) < 4.78 is 5.20. The zero-order valence-corrected chi connectivity index (χ0v) is 11.1. The Labute approximate surface area is 115 Å². The van der Waals surface area contributed by atoms with E-state index in [0.717, 1.165) is 0 Å². The summed E-state index contributed by atoms with van der Waals surface area (Å²) in [6, 6.07) is 0.569. The molecule has 7 nitrogen and oxygen atoms in total. The normalized spacial score (nSPS) is 18.8. The van der Waals surface area contributed by atoms with Gasteiger partial charge in [-0.15, -0.1) is 0 Å². The standard InChI is InChI=1S/C13H16N2O5/c1-2-10-8(3-6-20-10)13(19)15-5-4-14-12(18)9(15)7-11(16)17/h3,6,9H,2,4-5,7H2,1H3,(H,14,18)(H,16,17). The van der Waals surface area contributed by atoms with Gasteiger partial charge in [0.15, 0.2) is 0 Å². The molecule has 20 heavy (non-hydrogen) atoms. The van der Waals surface area contributed by atoms with Crippen LogP contribution in [0, 0.1) is 0 Å². The maximum Gasteiger partial charge on any atom is 0.305 e. The second-order valence-corrected chi connectivity index (χ2v) is 4.51. The SMILES string of the molecule is CCc1occc1C(=O)N1CCNC(=O)C1CC(=O)O. The molecule has 2 heterocycles. The van der Waals surface area contributed by atoms with Crippen LogP contribution in [0.25, 0.3) is 0 Å². The lowest BCUT2D eigenvalue weighted by Gasteiger charge is -2.34. The van der Waals surface area contributed by atoms with Crippen LogP contribution in [-0.4, -0.2) is 46.9 Å². The van der Waals surface area contributed by atoms with Crippen molar-refractivity contribution in [3.05, 3.63) is 23.7 Å². The Morgan fingerprint density at radius 1 is 1.55 bits per heavy atom. The van der Waals surface area contributed by atoms with Crippen LogP contribution in [0.2, 0.25) is 0 Å². The number of furan rings is 1. The number of hydrogen-bond donors (Lipinski definition) is 2. The number of nitrogens with one attached hydrogen (secondary N) is 1. The maximum atomic E-state index is 12.5. The fourth-order valence-corrected chi connectivity index (χ4v) is 2.29. The van der Waals surface area contributed by atoms with Crippen molar-refractivity contribution < 1.29 is 23.9 Å². The lowest BCUT2D eigenvalue weighted by atomic mass is 10.1. The van der Waals surface area contributed by atoms with E-state index >= 15 is 0 Å². The number of aryl methyl sites for hydroxylation is 1. The minimum atomic E-state index is -1.12. The number of carbonyl (C=O) groups is 3. The van der Waals surface area contributed by atoms with Crippen LogP contribution in [0.4, 0.5) is 0 Å². The Balaban J connectivity index is 2.26. The zero-order chi connectivity index (χ0) is 14.7. The first-order chi connectivity index (χ1) is 9.54. The second kappa shape index (κ2) is 5.77. The number of carboxylic acid groups (broad SMARTS) is 1. The van der Waals surface area contributed by atoms with Crippen molar-refractivity contribution in [1.82, 2.24) is 10.2 Å². The van der Waals surface area contributed by atoms with Gasteiger partial charge in [0.05, 0.1) is 18.2 Å². The molecule has 0 aliphatic carbocycles. The van der Waals surface area contributed by atoms with E-state index in [0.29, 0.717) is 24.3 Å². The van der Waals surface area contributed by atoms with Gasteiger partial charge in [0.2, 0.25) is 5.91 Å². The Hall–Kier alpha value is -2.31. The van der Waals surface area contributed by atoms with E-state index < -0.39 is 24.3 Å². The molecular formula is C13H16N2O5. The number of carbonyl (C=O) groups excluding carboxylic acids is 2. The first kappa shape index (κ1) is 14.1. The predicted molar refractivity (Wildman–Crippen MR) is 68.2 cm³/mol. The van der Waals surface area contributed by atoms with Crippen LogP contribution >= 0.6 is 0 Å². The monoisotopic (exact) mass is 280 g/mol. The minimum Gasteiger partial charge on any atom is -0.481 e. The molecule has 0 radical (unpaired) electrons. The molecule has 0 spiro atoms. The molecule has 1 aliphatic rings. The van der Waals surface area contributed by atoms with Crippen LogP contribution in [0.15, 0.2) is 16.7 Å². The summed E-state index contributed by atoms with van der Waals surface area (Å²) >= 11 is 0. The first-order valence-electron chi connectivity index (χ1n) is 6.41. The van der Waals surface area contributed by atoms with E-state index in [1.165, 1.54) is 11.2 Å². The number of amides is 2. The molecule has 1 aromatic heterocycles. The van der Waals surface area contributed by atoms with Crippen LogP contribution in [0.1, 0.15) is 29.5 Å². The molecule has 0 aromatic carbocycles. The fourth-order valence-electron chi connectivity index (χ4n) is 2.29. The third kappa shape index (κ3) is 2.66. The Bertz CT molecular complexity index is 537. The largest absolute Gasteiger partial charge is 0.481 e. The summed E-state index contributed by atoms with van der Waals surface area (Å²) in [7, 11) is 0. The van der Waals surface area contributed by atoms with Crippen molar-refractivity contribution in [2.45, 2.75) is 25.8 Å². The Morgan fingerprint density at radius 2 is 2.30 bits per heavy atom. The highest BCUT2D eigenvalue weighted by atomic mass is 16.4. The van der Waals surface area contributed by atoms with Crippen LogP contribution < -0.4 is 5.32 Å². The van der Waals surface area contributed by atoms with Crippen molar-refractivity contribution in [2.24, 2.45) is 0 Å². The van der Waals surface area contributed by atoms with E-state index in [2.05, 4.69) is 5.32 Å². The second-order valence-electron chi connectivity index (χ2n) is 4.51. The van der Waals surface area contributed by atoms with Crippen LogP contribution in [-0.2, 0) is 16.0 Å².